The Balaban J connectivity index is 2.58. The van der Waals surface area contributed by atoms with Crippen LogP contribution in [0, 0.1) is 13.8 Å². The van der Waals surface area contributed by atoms with Crippen molar-refractivity contribution in [1.82, 2.24) is 10.9 Å². The Labute approximate surface area is 106 Å². The number of nitrogens with one attached hydrogen (secondary N) is 2. The summed E-state index contributed by atoms with van der Waals surface area (Å²) in [5.74, 6) is -0.103. The van der Waals surface area contributed by atoms with Crippen molar-refractivity contribution in [3.05, 3.63) is 29.3 Å². The van der Waals surface area contributed by atoms with Gasteiger partial charge in [-0.2, -0.15) is 0 Å². The molecule has 0 spiro atoms. The third-order valence-corrected chi connectivity index (χ3v) is 2.52. The van der Waals surface area contributed by atoms with Gasteiger partial charge >= 0.3 is 0 Å². The Morgan fingerprint density at radius 2 is 1.83 bits per heavy atom. The van der Waals surface area contributed by atoms with E-state index in [0.717, 1.165) is 11.1 Å². The third kappa shape index (κ3) is 4.08. The highest BCUT2D eigenvalue weighted by Crippen LogP contribution is 2.17. The van der Waals surface area contributed by atoms with Crippen molar-refractivity contribution in [2.24, 2.45) is 0 Å². The lowest BCUT2D eigenvalue weighted by Crippen LogP contribution is -2.46. The molecule has 1 rings (SSSR count). The fourth-order valence-corrected chi connectivity index (χ4v) is 1.30. The Morgan fingerprint density at radius 3 is 2.39 bits per heavy atom. The van der Waals surface area contributed by atoms with E-state index in [0.29, 0.717) is 5.75 Å². The zero-order valence-corrected chi connectivity index (χ0v) is 11.0. The lowest BCUT2D eigenvalue weighted by Gasteiger charge is -2.15. The summed E-state index contributed by atoms with van der Waals surface area (Å²) in [4.78, 5) is 22.2. The van der Waals surface area contributed by atoms with Crippen LogP contribution < -0.4 is 15.6 Å². The molecule has 0 saturated heterocycles. The van der Waals surface area contributed by atoms with Crippen LogP contribution in [0.5, 0.6) is 5.75 Å². The summed E-state index contributed by atoms with van der Waals surface area (Å²) in [6.07, 6.45) is -0.682. The van der Waals surface area contributed by atoms with Crippen LogP contribution in [0.4, 0.5) is 0 Å². The number of carbonyl (C=O) groups is 2. The van der Waals surface area contributed by atoms with Crippen molar-refractivity contribution in [3.63, 3.8) is 0 Å². The third-order valence-electron chi connectivity index (χ3n) is 2.52. The second-order valence-electron chi connectivity index (χ2n) is 4.18. The first kappa shape index (κ1) is 14.0. The molecule has 0 aromatic heterocycles. The Kier molecular flexibility index (Phi) is 4.71. The highest BCUT2D eigenvalue weighted by atomic mass is 16.5. The van der Waals surface area contributed by atoms with E-state index in [4.69, 9.17) is 4.74 Å². The molecule has 1 atom stereocenters. The Bertz CT molecular complexity index is 458. The molecule has 1 aromatic rings. The lowest BCUT2D eigenvalue weighted by atomic mass is 10.1. The SMILES string of the molecule is CC(=O)NNC(=O)C(C)Oc1ccc(C)c(C)c1. The molecule has 0 saturated carbocycles. The average molecular weight is 250 g/mol. The first-order chi connectivity index (χ1) is 8.40. The van der Waals surface area contributed by atoms with E-state index < -0.39 is 12.0 Å². The first-order valence-corrected chi connectivity index (χ1v) is 5.70. The van der Waals surface area contributed by atoms with Gasteiger partial charge in [-0.25, -0.2) is 0 Å². The minimum atomic E-state index is -0.682. The van der Waals surface area contributed by atoms with Gasteiger partial charge in [0.15, 0.2) is 6.10 Å². The van der Waals surface area contributed by atoms with E-state index in [1.54, 1.807) is 6.92 Å². The van der Waals surface area contributed by atoms with Gasteiger partial charge in [0.05, 0.1) is 0 Å². The minimum Gasteiger partial charge on any atom is -0.481 e. The fourth-order valence-electron chi connectivity index (χ4n) is 1.30. The summed E-state index contributed by atoms with van der Waals surface area (Å²) in [6, 6.07) is 5.62. The summed E-state index contributed by atoms with van der Waals surface area (Å²) in [7, 11) is 0. The van der Waals surface area contributed by atoms with E-state index in [1.807, 2.05) is 32.0 Å². The maximum Gasteiger partial charge on any atom is 0.279 e. The van der Waals surface area contributed by atoms with Gasteiger partial charge in [0.25, 0.3) is 5.91 Å². The molecule has 98 valence electrons. The Hall–Kier alpha value is -2.04. The second kappa shape index (κ2) is 6.05. The predicted molar refractivity (Wildman–Crippen MR) is 68.0 cm³/mol. The number of hydrazine groups is 1. The standard InChI is InChI=1S/C13H18N2O3/c1-8-5-6-12(7-9(8)2)18-10(3)13(17)15-14-11(4)16/h5-7,10H,1-4H3,(H,14,16)(H,15,17). The topological polar surface area (TPSA) is 67.4 Å². The van der Waals surface area contributed by atoms with Crippen molar-refractivity contribution >= 4 is 11.8 Å². The average Bonchev–Trinajstić information content (AvgIpc) is 2.30. The van der Waals surface area contributed by atoms with Crippen LogP contribution in [0.3, 0.4) is 0 Å². The van der Waals surface area contributed by atoms with Gasteiger partial charge in [0, 0.05) is 6.92 Å². The van der Waals surface area contributed by atoms with Crippen LogP contribution in [0.25, 0.3) is 0 Å². The number of hydrogen-bond donors (Lipinski definition) is 2. The van der Waals surface area contributed by atoms with Gasteiger partial charge in [-0.15, -0.1) is 0 Å². The number of ether oxygens (including phenoxy) is 1. The first-order valence-electron chi connectivity index (χ1n) is 5.70. The largest absolute Gasteiger partial charge is 0.481 e. The van der Waals surface area contributed by atoms with Crippen LogP contribution in [-0.2, 0) is 9.59 Å². The monoisotopic (exact) mass is 250 g/mol. The highest BCUT2D eigenvalue weighted by Gasteiger charge is 2.14. The van der Waals surface area contributed by atoms with E-state index >= 15 is 0 Å². The summed E-state index contributed by atoms with van der Waals surface area (Å²) >= 11 is 0. The fraction of sp³-hybridized carbons (Fsp3) is 0.385. The highest BCUT2D eigenvalue weighted by molar-refractivity contribution is 5.83. The number of hydrogen-bond acceptors (Lipinski definition) is 3. The number of aryl methyl sites for hydroxylation is 2. The van der Waals surface area contributed by atoms with Crippen LogP contribution >= 0.6 is 0 Å². The molecule has 0 radical (unpaired) electrons. The maximum absolute atomic E-state index is 11.6. The molecule has 2 N–H and O–H groups in total. The molecule has 0 fully saturated rings. The van der Waals surface area contributed by atoms with E-state index in [-0.39, 0.29) is 5.91 Å². The molecule has 1 aromatic carbocycles. The van der Waals surface area contributed by atoms with Gasteiger partial charge in [0.1, 0.15) is 5.75 Å². The van der Waals surface area contributed by atoms with Gasteiger partial charge in [-0.05, 0) is 44.0 Å². The van der Waals surface area contributed by atoms with Crippen molar-refractivity contribution in [3.8, 4) is 5.75 Å². The van der Waals surface area contributed by atoms with Crippen LogP contribution in [-0.4, -0.2) is 17.9 Å². The number of amides is 2. The molecule has 0 aliphatic heterocycles. The van der Waals surface area contributed by atoms with Crippen LogP contribution in [0.2, 0.25) is 0 Å². The number of carbonyl (C=O) groups excluding carboxylic acids is 2. The van der Waals surface area contributed by atoms with E-state index in [9.17, 15) is 9.59 Å². The lowest BCUT2D eigenvalue weighted by molar-refractivity contribution is -0.132. The maximum atomic E-state index is 11.6. The molecule has 0 aliphatic rings. The van der Waals surface area contributed by atoms with Crippen LogP contribution in [0.1, 0.15) is 25.0 Å². The molecule has 5 nitrogen and oxygen atoms in total. The van der Waals surface area contributed by atoms with Crippen LogP contribution in [0.15, 0.2) is 18.2 Å². The zero-order valence-electron chi connectivity index (χ0n) is 11.0. The molecule has 0 aliphatic carbocycles. The van der Waals surface area contributed by atoms with Crippen molar-refractivity contribution < 1.29 is 14.3 Å². The van der Waals surface area contributed by atoms with E-state index in [1.165, 1.54) is 6.92 Å². The van der Waals surface area contributed by atoms with Crippen molar-refractivity contribution in [1.29, 1.82) is 0 Å². The van der Waals surface area contributed by atoms with Crippen molar-refractivity contribution in [2.75, 3.05) is 0 Å². The summed E-state index contributed by atoms with van der Waals surface area (Å²) in [6.45, 7) is 6.91. The van der Waals surface area contributed by atoms with Gasteiger partial charge in [0.2, 0.25) is 5.91 Å². The molecular weight excluding hydrogens is 232 g/mol. The number of rotatable bonds is 3. The zero-order chi connectivity index (χ0) is 13.7. The van der Waals surface area contributed by atoms with Gasteiger partial charge in [-0.3, -0.25) is 20.4 Å². The summed E-state index contributed by atoms with van der Waals surface area (Å²) in [5, 5.41) is 0. The van der Waals surface area contributed by atoms with Gasteiger partial charge in [-0.1, -0.05) is 6.07 Å². The minimum absolute atomic E-state index is 0.332. The smallest absolute Gasteiger partial charge is 0.279 e. The van der Waals surface area contributed by atoms with Crippen molar-refractivity contribution in [2.45, 2.75) is 33.8 Å². The molecular formula is C13H18N2O3. The molecule has 2 amide bonds. The van der Waals surface area contributed by atoms with Gasteiger partial charge < -0.3 is 4.74 Å². The summed E-state index contributed by atoms with van der Waals surface area (Å²) < 4.78 is 5.48. The quantitative estimate of drug-likeness (QED) is 0.793. The molecule has 0 bridgehead atoms. The number of benzene rings is 1. The summed E-state index contributed by atoms with van der Waals surface area (Å²) in [5.41, 5.74) is 6.74. The normalized spacial score (nSPS) is 11.6. The molecule has 18 heavy (non-hydrogen) atoms. The second-order valence-corrected chi connectivity index (χ2v) is 4.18. The Morgan fingerprint density at radius 1 is 1.17 bits per heavy atom. The molecule has 5 heteroatoms. The van der Waals surface area contributed by atoms with E-state index in [2.05, 4.69) is 10.9 Å². The molecule has 0 heterocycles. The predicted octanol–water partition coefficient (Wildman–Crippen LogP) is 1.24. The molecule has 1 unspecified atom stereocenters.